The van der Waals surface area contributed by atoms with Crippen molar-refractivity contribution in [2.45, 2.75) is 25.4 Å². The van der Waals surface area contributed by atoms with E-state index in [4.69, 9.17) is 4.74 Å². The predicted octanol–water partition coefficient (Wildman–Crippen LogP) is 0.754. The Bertz CT molecular complexity index is 134. The molecule has 0 amide bonds. The van der Waals surface area contributed by atoms with E-state index >= 15 is 0 Å². The molecular formula is C7H10O2. The van der Waals surface area contributed by atoms with Crippen LogP contribution in [0.25, 0.3) is 0 Å². The largest absolute Gasteiger partial charge is 0.377 e. The molecule has 2 heteroatoms. The lowest BCUT2D eigenvalue weighted by Gasteiger charge is -2.16. The minimum absolute atomic E-state index is 0.0509. The number of rotatable bonds is 1. The lowest BCUT2D eigenvalue weighted by atomic mass is 9.91. The first-order valence-corrected chi connectivity index (χ1v) is 3.43. The van der Waals surface area contributed by atoms with Crippen LogP contribution in [-0.4, -0.2) is 19.0 Å². The minimum atomic E-state index is -0.0509. The first-order valence-electron chi connectivity index (χ1n) is 3.43. The van der Waals surface area contributed by atoms with Gasteiger partial charge in [0, 0.05) is 0 Å². The second kappa shape index (κ2) is 1.57. The van der Waals surface area contributed by atoms with E-state index in [1.54, 1.807) is 0 Å². The van der Waals surface area contributed by atoms with E-state index in [0.29, 0.717) is 12.7 Å². The maximum Gasteiger partial charge on any atom is 0.128 e. The molecule has 0 aromatic heterocycles. The molecule has 1 aliphatic carbocycles. The second-order valence-corrected chi connectivity index (χ2v) is 3.16. The number of carbonyl (C=O) groups excluding carboxylic acids is 1. The van der Waals surface area contributed by atoms with Crippen LogP contribution in [0.15, 0.2) is 0 Å². The second-order valence-electron chi connectivity index (χ2n) is 3.16. The summed E-state index contributed by atoms with van der Waals surface area (Å²) < 4.78 is 5.31. The molecule has 2 aliphatic rings. The van der Waals surface area contributed by atoms with Gasteiger partial charge in [0.15, 0.2) is 0 Å². The quantitative estimate of drug-likeness (QED) is 0.485. The molecule has 2 fully saturated rings. The summed E-state index contributed by atoms with van der Waals surface area (Å²) in [6.45, 7) is 0.682. The van der Waals surface area contributed by atoms with Gasteiger partial charge in [0.1, 0.15) is 6.29 Å². The Labute approximate surface area is 54.2 Å². The van der Waals surface area contributed by atoms with Crippen LogP contribution in [0.5, 0.6) is 0 Å². The first kappa shape index (κ1) is 5.42. The Morgan fingerprint density at radius 1 is 1.67 bits per heavy atom. The summed E-state index contributed by atoms with van der Waals surface area (Å²) in [4.78, 5) is 10.5. The minimum Gasteiger partial charge on any atom is -0.377 e. The Kier molecular flexibility index (Phi) is 0.943. The van der Waals surface area contributed by atoms with Gasteiger partial charge in [-0.05, 0) is 19.3 Å². The van der Waals surface area contributed by atoms with Crippen LogP contribution >= 0.6 is 0 Å². The zero-order chi connectivity index (χ0) is 6.32. The molecule has 1 saturated carbocycles. The van der Waals surface area contributed by atoms with Crippen molar-refractivity contribution in [3.63, 3.8) is 0 Å². The zero-order valence-electron chi connectivity index (χ0n) is 5.30. The molecule has 50 valence electrons. The SMILES string of the molecule is O=CC12CCC(C1)OC2. The molecule has 2 unspecified atom stereocenters. The number of aldehydes is 1. The molecule has 2 atom stereocenters. The number of hydrogen-bond acceptors (Lipinski definition) is 2. The molecule has 1 saturated heterocycles. The van der Waals surface area contributed by atoms with E-state index in [2.05, 4.69) is 0 Å². The van der Waals surface area contributed by atoms with Crippen LogP contribution in [0.2, 0.25) is 0 Å². The van der Waals surface area contributed by atoms with Gasteiger partial charge in [0.05, 0.1) is 18.1 Å². The van der Waals surface area contributed by atoms with Gasteiger partial charge < -0.3 is 9.53 Å². The normalized spacial score (nSPS) is 47.8. The van der Waals surface area contributed by atoms with Crippen molar-refractivity contribution in [3.05, 3.63) is 0 Å². The summed E-state index contributed by atoms with van der Waals surface area (Å²) in [5.74, 6) is 0. The van der Waals surface area contributed by atoms with E-state index in [1.807, 2.05) is 0 Å². The Morgan fingerprint density at radius 3 is 2.78 bits per heavy atom. The van der Waals surface area contributed by atoms with Gasteiger partial charge in [-0.15, -0.1) is 0 Å². The van der Waals surface area contributed by atoms with Gasteiger partial charge in [-0.1, -0.05) is 0 Å². The average Bonchev–Trinajstić information content (AvgIpc) is 2.46. The van der Waals surface area contributed by atoms with Crippen LogP contribution in [0.1, 0.15) is 19.3 Å². The Hall–Kier alpha value is -0.370. The fourth-order valence-corrected chi connectivity index (χ4v) is 1.80. The summed E-state index contributed by atoms with van der Waals surface area (Å²) in [7, 11) is 0. The Balaban J connectivity index is 2.21. The van der Waals surface area contributed by atoms with Gasteiger partial charge in [-0.25, -0.2) is 0 Å². The summed E-state index contributed by atoms with van der Waals surface area (Å²) in [5, 5.41) is 0. The number of hydrogen-bond donors (Lipinski definition) is 0. The maximum atomic E-state index is 10.5. The van der Waals surface area contributed by atoms with Crippen LogP contribution in [-0.2, 0) is 9.53 Å². The molecule has 0 spiro atoms. The van der Waals surface area contributed by atoms with Crippen molar-refractivity contribution >= 4 is 6.29 Å². The van der Waals surface area contributed by atoms with E-state index in [0.717, 1.165) is 25.5 Å². The molecule has 0 aromatic carbocycles. The predicted molar refractivity (Wildman–Crippen MR) is 32.1 cm³/mol. The number of ether oxygens (including phenoxy) is 1. The average molecular weight is 126 g/mol. The van der Waals surface area contributed by atoms with Crippen LogP contribution in [0.3, 0.4) is 0 Å². The van der Waals surface area contributed by atoms with E-state index in [9.17, 15) is 4.79 Å². The molecule has 9 heavy (non-hydrogen) atoms. The third-order valence-corrected chi connectivity index (χ3v) is 2.45. The van der Waals surface area contributed by atoms with Gasteiger partial charge >= 0.3 is 0 Å². The molecule has 0 aromatic rings. The molecule has 0 radical (unpaired) electrons. The third-order valence-electron chi connectivity index (χ3n) is 2.45. The summed E-state index contributed by atoms with van der Waals surface area (Å²) in [6, 6.07) is 0. The summed E-state index contributed by atoms with van der Waals surface area (Å²) in [6.07, 6.45) is 4.63. The van der Waals surface area contributed by atoms with Crippen molar-refractivity contribution < 1.29 is 9.53 Å². The lowest BCUT2D eigenvalue weighted by Crippen LogP contribution is -2.21. The third kappa shape index (κ3) is 0.628. The standard InChI is InChI=1S/C7H10O2/c8-4-7-2-1-6(3-7)9-5-7/h4,6H,1-3,5H2. The van der Waals surface area contributed by atoms with Crippen LogP contribution in [0.4, 0.5) is 0 Å². The first-order chi connectivity index (χ1) is 4.35. The molecule has 1 aliphatic heterocycles. The Morgan fingerprint density at radius 2 is 2.56 bits per heavy atom. The van der Waals surface area contributed by atoms with Crippen molar-refractivity contribution in [3.8, 4) is 0 Å². The fourth-order valence-electron chi connectivity index (χ4n) is 1.80. The molecular weight excluding hydrogens is 116 g/mol. The highest BCUT2D eigenvalue weighted by Gasteiger charge is 2.45. The number of fused-ring (bicyclic) bond motifs is 2. The van der Waals surface area contributed by atoms with Crippen LogP contribution < -0.4 is 0 Å². The summed E-state index contributed by atoms with van der Waals surface area (Å²) >= 11 is 0. The van der Waals surface area contributed by atoms with Crippen molar-refractivity contribution in [1.29, 1.82) is 0 Å². The molecule has 1 heterocycles. The van der Waals surface area contributed by atoms with Crippen molar-refractivity contribution in [1.82, 2.24) is 0 Å². The molecule has 2 rings (SSSR count). The number of carbonyl (C=O) groups is 1. The highest BCUT2D eigenvalue weighted by atomic mass is 16.5. The van der Waals surface area contributed by atoms with Crippen molar-refractivity contribution in [2.75, 3.05) is 6.61 Å². The zero-order valence-corrected chi connectivity index (χ0v) is 5.30. The van der Waals surface area contributed by atoms with Crippen molar-refractivity contribution in [2.24, 2.45) is 5.41 Å². The molecule has 2 bridgehead atoms. The molecule has 0 N–H and O–H groups in total. The van der Waals surface area contributed by atoms with Gasteiger partial charge in [0.25, 0.3) is 0 Å². The summed E-state index contributed by atoms with van der Waals surface area (Å²) in [5.41, 5.74) is -0.0509. The highest BCUT2D eigenvalue weighted by Crippen LogP contribution is 2.44. The van der Waals surface area contributed by atoms with Crippen LogP contribution in [0, 0.1) is 5.41 Å². The van der Waals surface area contributed by atoms with E-state index in [-0.39, 0.29) is 5.41 Å². The highest BCUT2D eigenvalue weighted by molar-refractivity contribution is 5.61. The van der Waals surface area contributed by atoms with Gasteiger partial charge in [0.2, 0.25) is 0 Å². The maximum absolute atomic E-state index is 10.5. The lowest BCUT2D eigenvalue weighted by molar-refractivity contribution is -0.117. The fraction of sp³-hybridized carbons (Fsp3) is 0.857. The molecule has 2 nitrogen and oxygen atoms in total. The van der Waals surface area contributed by atoms with E-state index < -0.39 is 0 Å². The monoisotopic (exact) mass is 126 g/mol. The van der Waals surface area contributed by atoms with E-state index in [1.165, 1.54) is 0 Å². The topological polar surface area (TPSA) is 26.3 Å². The van der Waals surface area contributed by atoms with Gasteiger partial charge in [-0.2, -0.15) is 0 Å². The smallest absolute Gasteiger partial charge is 0.128 e. The van der Waals surface area contributed by atoms with Gasteiger partial charge in [-0.3, -0.25) is 0 Å².